The Morgan fingerprint density at radius 1 is 0.972 bits per heavy atom. The van der Waals surface area contributed by atoms with E-state index in [4.69, 9.17) is 4.74 Å². The minimum atomic E-state index is -0.430. The molecule has 7 nitrogen and oxygen atoms in total. The van der Waals surface area contributed by atoms with Crippen LogP contribution in [-0.4, -0.2) is 20.7 Å². The zero-order valence-electron chi connectivity index (χ0n) is 20.9. The van der Waals surface area contributed by atoms with E-state index in [0.29, 0.717) is 18.1 Å². The maximum absolute atomic E-state index is 13.6. The molecule has 0 spiro atoms. The molecule has 7 heteroatoms. The molecule has 2 heterocycles. The van der Waals surface area contributed by atoms with Crippen LogP contribution in [0.15, 0.2) is 84.3 Å². The Morgan fingerprint density at radius 3 is 2.42 bits per heavy atom. The summed E-state index contributed by atoms with van der Waals surface area (Å²) in [4.78, 5) is 17.9. The van der Waals surface area contributed by atoms with Crippen LogP contribution in [0.1, 0.15) is 40.8 Å². The molecule has 4 aromatic rings. The standard InChI is InChI=1S/C29H29N5O2/c1-18-5-8-22(9-6-18)16-36-24-12-10-23(11-13-24)27-26(21(4)32-29-30-17-31-34(27)29)28(35)33-25-14-7-19(2)15-20(25)3/h5-15,17,27H,16H2,1-4H3,(H,33,35)(H,30,31,32)/t27-/m0/s1. The number of ether oxygens (including phenoxy) is 1. The highest BCUT2D eigenvalue weighted by molar-refractivity contribution is 6.06. The average Bonchev–Trinajstić information content (AvgIpc) is 3.33. The molecule has 3 aromatic carbocycles. The summed E-state index contributed by atoms with van der Waals surface area (Å²) < 4.78 is 7.73. The Hall–Kier alpha value is -4.39. The van der Waals surface area contributed by atoms with E-state index >= 15 is 0 Å². The average molecular weight is 480 g/mol. The fourth-order valence-electron chi connectivity index (χ4n) is 4.43. The van der Waals surface area contributed by atoms with Gasteiger partial charge in [-0.25, -0.2) is 4.68 Å². The number of rotatable bonds is 6. The van der Waals surface area contributed by atoms with Gasteiger partial charge in [-0.3, -0.25) is 4.79 Å². The summed E-state index contributed by atoms with van der Waals surface area (Å²) in [6.07, 6.45) is 1.49. The molecule has 0 radical (unpaired) electrons. The number of anilines is 2. The lowest BCUT2D eigenvalue weighted by atomic mass is 9.94. The second kappa shape index (κ2) is 9.70. The monoisotopic (exact) mass is 479 g/mol. The molecule has 0 aliphatic carbocycles. The molecule has 0 saturated heterocycles. The van der Waals surface area contributed by atoms with Gasteiger partial charge in [0, 0.05) is 11.4 Å². The predicted octanol–water partition coefficient (Wildman–Crippen LogP) is 5.71. The van der Waals surface area contributed by atoms with Crippen LogP contribution in [-0.2, 0) is 11.4 Å². The summed E-state index contributed by atoms with van der Waals surface area (Å²) in [6.45, 7) is 8.47. The first-order valence-corrected chi connectivity index (χ1v) is 11.9. The van der Waals surface area contributed by atoms with E-state index in [1.807, 2.05) is 57.2 Å². The number of carbonyl (C=O) groups excluding carboxylic acids is 1. The number of nitrogens with one attached hydrogen (secondary N) is 2. The SMILES string of the molecule is CC1=C(C(=O)Nc2ccc(C)cc2C)[C@H](c2ccc(OCc3ccc(C)cc3)cc2)n2ncnc2N1. The van der Waals surface area contributed by atoms with E-state index in [1.165, 1.54) is 11.9 Å². The van der Waals surface area contributed by atoms with Crippen molar-refractivity contribution in [2.45, 2.75) is 40.3 Å². The second-order valence-corrected chi connectivity index (χ2v) is 9.21. The Balaban J connectivity index is 1.41. The first kappa shape index (κ1) is 23.4. The Kier molecular flexibility index (Phi) is 6.29. The van der Waals surface area contributed by atoms with Crippen LogP contribution in [0.2, 0.25) is 0 Å². The molecule has 36 heavy (non-hydrogen) atoms. The summed E-state index contributed by atoms with van der Waals surface area (Å²) >= 11 is 0. The van der Waals surface area contributed by atoms with Crippen molar-refractivity contribution >= 4 is 17.5 Å². The van der Waals surface area contributed by atoms with Crippen LogP contribution >= 0.6 is 0 Å². The minimum Gasteiger partial charge on any atom is -0.489 e. The van der Waals surface area contributed by atoms with Crippen molar-refractivity contribution in [1.82, 2.24) is 14.8 Å². The van der Waals surface area contributed by atoms with Crippen molar-refractivity contribution in [3.05, 3.63) is 112 Å². The molecule has 182 valence electrons. The Bertz CT molecular complexity index is 1440. The normalized spacial score (nSPS) is 14.7. The van der Waals surface area contributed by atoms with Gasteiger partial charge in [0.25, 0.3) is 5.91 Å². The third kappa shape index (κ3) is 4.73. The van der Waals surface area contributed by atoms with Crippen LogP contribution in [0.25, 0.3) is 0 Å². The number of fused-ring (bicyclic) bond motifs is 1. The molecule has 0 fully saturated rings. The first-order chi connectivity index (χ1) is 17.4. The van der Waals surface area contributed by atoms with E-state index in [0.717, 1.165) is 39.4 Å². The topological polar surface area (TPSA) is 81.1 Å². The van der Waals surface area contributed by atoms with Gasteiger partial charge in [0.15, 0.2) is 0 Å². The highest BCUT2D eigenvalue weighted by Crippen LogP contribution is 2.36. The molecule has 1 amide bonds. The summed E-state index contributed by atoms with van der Waals surface area (Å²) in [5.41, 5.74) is 7.51. The quantitative estimate of drug-likeness (QED) is 0.370. The molecule has 1 aliphatic heterocycles. The van der Waals surface area contributed by atoms with Crippen LogP contribution in [0.4, 0.5) is 11.6 Å². The van der Waals surface area contributed by atoms with Gasteiger partial charge in [-0.15, -0.1) is 0 Å². The van der Waals surface area contributed by atoms with Gasteiger partial charge in [0.05, 0.1) is 5.57 Å². The van der Waals surface area contributed by atoms with Gasteiger partial charge in [-0.05, 0) is 62.6 Å². The fraction of sp³-hybridized carbons (Fsp3) is 0.207. The van der Waals surface area contributed by atoms with Crippen LogP contribution in [0, 0.1) is 20.8 Å². The number of carbonyl (C=O) groups is 1. The zero-order valence-corrected chi connectivity index (χ0v) is 20.9. The van der Waals surface area contributed by atoms with Crippen LogP contribution in [0.3, 0.4) is 0 Å². The summed E-state index contributed by atoms with van der Waals surface area (Å²) in [5.74, 6) is 1.17. The van der Waals surface area contributed by atoms with Crippen LogP contribution < -0.4 is 15.4 Å². The molecular weight excluding hydrogens is 450 g/mol. The summed E-state index contributed by atoms with van der Waals surface area (Å²) in [7, 11) is 0. The number of allylic oxidation sites excluding steroid dienone is 1. The van der Waals surface area contributed by atoms with Crippen molar-refractivity contribution < 1.29 is 9.53 Å². The van der Waals surface area contributed by atoms with Crippen molar-refractivity contribution in [2.24, 2.45) is 0 Å². The lowest BCUT2D eigenvalue weighted by Crippen LogP contribution is -2.31. The predicted molar refractivity (Wildman–Crippen MR) is 141 cm³/mol. The highest BCUT2D eigenvalue weighted by atomic mass is 16.5. The van der Waals surface area contributed by atoms with Crippen molar-refractivity contribution in [3.63, 3.8) is 0 Å². The third-order valence-corrected chi connectivity index (χ3v) is 6.39. The van der Waals surface area contributed by atoms with Gasteiger partial charge in [0.1, 0.15) is 24.7 Å². The number of hydrogen-bond donors (Lipinski definition) is 2. The summed E-state index contributed by atoms with van der Waals surface area (Å²) in [6, 6.07) is 21.6. The Labute approximate surface area is 210 Å². The maximum Gasteiger partial charge on any atom is 0.255 e. The molecule has 0 unspecified atom stereocenters. The second-order valence-electron chi connectivity index (χ2n) is 9.21. The lowest BCUT2D eigenvalue weighted by molar-refractivity contribution is -0.113. The number of hydrogen-bond acceptors (Lipinski definition) is 5. The molecule has 1 aliphatic rings. The third-order valence-electron chi connectivity index (χ3n) is 6.39. The largest absolute Gasteiger partial charge is 0.489 e. The molecule has 5 rings (SSSR count). The molecule has 0 bridgehead atoms. The molecule has 0 saturated carbocycles. The molecule has 1 atom stereocenters. The molecule has 1 aromatic heterocycles. The Morgan fingerprint density at radius 2 is 1.69 bits per heavy atom. The number of benzene rings is 3. The van der Waals surface area contributed by atoms with Crippen molar-refractivity contribution in [3.8, 4) is 5.75 Å². The maximum atomic E-state index is 13.6. The number of amides is 1. The smallest absolute Gasteiger partial charge is 0.255 e. The number of aryl methyl sites for hydroxylation is 3. The molecule has 2 N–H and O–H groups in total. The van der Waals surface area contributed by atoms with E-state index in [-0.39, 0.29) is 5.91 Å². The summed E-state index contributed by atoms with van der Waals surface area (Å²) in [5, 5.41) is 10.7. The van der Waals surface area contributed by atoms with E-state index in [1.54, 1.807) is 4.68 Å². The first-order valence-electron chi connectivity index (χ1n) is 11.9. The van der Waals surface area contributed by atoms with Crippen molar-refractivity contribution in [2.75, 3.05) is 10.6 Å². The van der Waals surface area contributed by atoms with E-state index in [2.05, 4.69) is 58.0 Å². The van der Waals surface area contributed by atoms with Gasteiger partial charge >= 0.3 is 0 Å². The van der Waals surface area contributed by atoms with Crippen molar-refractivity contribution in [1.29, 1.82) is 0 Å². The van der Waals surface area contributed by atoms with E-state index in [9.17, 15) is 4.79 Å². The van der Waals surface area contributed by atoms with E-state index < -0.39 is 6.04 Å². The van der Waals surface area contributed by atoms with Gasteiger partial charge in [0.2, 0.25) is 5.95 Å². The fourth-order valence-corrected chi connectivity index (χ4v) is 4.43. The number of nitrogens with zero attached hydrogens (tertiary/aromatic N) is 3. The van der Waals surface area contributed by atoms with Gasteiger partial charge in [-0.1, -0.05) is 59.7 Å². The minimum absolute atomic E-state index is 0.183. The zero-order chi connectivity index (χ0) is 25.2. The van der Waals surface area contributed by atoms with Crippen LogP contribution in [0.5, 0.6) is 5.75 Å². The highest BCUT2D eigenvalue weighted by Gasteiger charge is 2.33. The lowest BCUT2D eigenvalue weighted by Gasteiger charge is -2.29. The molecular formula is C29H29N5O2. The number of aromatic nitrogens is 3. The van der Waals surface area contributed by atoms with Gasteiger partial charge < -0.3 is 15.4 Å². The van der Waals surface area contributed by atoms with Gasteiger partial charge in [-0.2, -0.15) is 10.1 Å².